The van der Waals surface area contributed by atoms with Gasteiger partial charge in [0.05, 0.1) is 18.5 Å². The zero-order chi connectivity index (χ0) is 18.2. The molecule has 1 aliphatic rings. The third-order valence-electron chi connectivity index (χ3n) is 3.77. The Labute approximate surface area is 146 Å². The number of methoxy groups -OCH3 is 1. The van der Waals surface area contributed by atoms with Crippen LogP contribution in [0.25, 0.3) is 0 Å². The van der Waals surface area contributed by atoms with Gasteiger partial charge in [-0.3, -0.25) is 9.52 Å². The van der Waals surface area contributed by atoms with E-state index in [1.165, 1.54) is 19.2 Å². The van der Waals surface area contributed by atoms with Crippen molar-refractivity contribution in [3.8, 4) is 11.5 Å². The first-order chi connectivity index (χ1) is 11.8. The van der Waals surface area contributed by atoms with E-state index in [0.717, 1.165) is 5.56 Å². The van der Waals surface area contributed by atoms with E-state index >= 15 is 0 Å². The van der Waals surface area contributed by atoms with Crippen molar-refractivity contribution in [3.05, 3.63) is 42.0 Å². The average molecular weight is 362 g/mol. The standard InChI is InChI=1S/C17H18N2O5S/c1-10-4-6-15(23-3)16(8-10)25(21,22)19-12-5-7-14-13(9-12)18-17(20)11(2)24-14/h4-9,11,19H,1-3H3,(H,18,20)/t11-/m1/s1. The van der Waals surface area contributed by atoms with Gasteiger partial charge in [0.2, 0.25) is 0 Å². The van der Waals surface area contributed by atoms with Crippen LogP contribution >= 0.6 is 0 Å². The van der Waals surface area contributed by atoms with Gasteiger partial charge in [0, 0.05) is 0 Å². The number of benzene rings is 2. The normalized spacial score (nSPS) is 16.4. The number of sulfonamides is 1. The molecule has 0 saturated heterocycles. The summed E-state index contributed by atoms with van der Waals surface area (Å²) in [6.45, 7) is 3.43. The Balaban J connectivity index is 1.93. The number of amides is 1. The van der Waals surface area contributed by atoms with Gasteiger partial charge in [-0.25, -0.2) is 8.42 Å². The van der Waals surface area contributed by atoms with Crippen LogP contribution in [0.4, 0.5) is 11.4 Å². The Bertz CT molecular complexity index is 940. The summed E-state index contributed by atoms with van der Waals surface area (Å²) in [5.74, 6) is 0.456. The smallest absolute Gasteiger partial charge is 0.265 e. The lowest BCUT2D eigenvalue weighted by molar-refractivity contribution is -0.122. The summed E-state index contributed by atoms with van der Waals surface area (Å²) in [6.07, 6.45) is -0.591. The summed E-state index contributed by atoms with van der Waals surface area (Å²) in [7, 11) is -2.44. The molecule has 7 nitrogen and oxygen atoms in total. The summed E-state index contributed by atoms with van der Waals surface area (Å²) < 4.78 is 38.5. The van der Waals surface area contributed by atoms with Crippen molar-refractivity contribution in [2.75, 3.05) is 17.1 Å². The van der Waals surface area contributed by atoms with E-state index in [2.05, 4.69) is 10.0 Å². The Kier molecular flexibility index (Phi) is 4.30. The highest BCUT2D eigenvalue weighted by Crippen LogP contribution is 2.33. The molecule has 1 amide bonds. The summed E-state index contributed by atoms with van der Waals surface area (Å²) in [6, 6.07) is 9.60. The molecule has 2 aromatic rings. The Morgan fingerprint density at radius 3 is 2.68 bits per heavy atom. The van der Waals surface area contributed by atoms with Crippen molar-refractivity contribution in [2.45, 2.75) is 24.8 Å². The van der Waals surface area contributed by atoms with Crippen LogP contribution in [-0.2, 0) is 14.8 Å². The van der Waals surface area contributed by atoms with Gasteiger partial charge >= 0.3 is 0 Å². The van der Waals surface area contributed by atoms with Crippen LogP contribution < -0.4 is 19.5 Å². The van der Waals surface area contributed by atoms with E-state index in [4.69, 9.17) is 9.47 Å². The zero-order valence-electron chi connectivity index (χ0n) is 14.0. The van der Waals surface area contributed by atoms with Crippen molar-refractivity contribution in [1.29, 1.82) is 0 Å². The van der Waals surface area contributed by atoms with Crippen LogP contribution in [0.2, 0.25) is 0 Å². The van der Waals surface area contributed by atoms with Gasteiger partial charge in [-0.2, -0.15) is 0 Å². The summed E-state index contributed by atoms with van der Waals surface area (Å²) in [4.78, 5) is 11.7. The van der Waals surface area contributed by atoms with Crippen LogP contribution in [0.15, 0.2) is 41.3 Å². The van der Waals surface area contributed by atoms with E-state index in [-0.39, 0.29) is 16.6 Å². The maximum absolute atomic E-state index is 12.7. The van der Waals surface area contributed by atoms with Crippen molar-refractivity contribution >= 4 is 27.3 Å². The minimum absolute atomic E-state index is 0.0432. The fourth-order valence-electron chi connectivity index (χ4n) is 2.48. The molecule has 25 heavy (non-hydrogen) atoms. The molecule has 0 aliphatic carbocycles. The lowest BCUT2D eigenvalue weighted by Gasteiger charge is -2.23. The molecular weight excluding hydrogens is 344 g/mol. The SMILES string of the molecule is COc1ccc(C)cc1S(=O)(=O)Nc1ccc2c(c1)NC(=O)[C@@H](C)O2. The molecule has 0 bridgehead atoms. The second-order valence-corrected chi connectivity index (χ2v) is 7.37. The number of hydrogen-bond donors (Lipinski definition) is 2. The highest BCUT2D eigenvalue weighted by Gasteiger charge is 2.25. The van der Waals surface area contributed by atoms with Crippen molar-refractivity contribution < 1.29 is 22.7 Å². The topological polar surface area (TPSA) is 93.7 Å². The predicted octanol–water partition coefficient (Wildman–Crippen LogP) is 2.52. The number of hydrogen-bond acceptors (Lipinski definition) is 5. The van der Waals surface area contributed by atoms with Crippen molar-refractivity contribution in [3.63, 3.8) is 0 Å². The predicted molar refractivity (Wildman–Crippen MR) is 93.7 cm³/mol. The number of carbonyl (C=O) groups is 1. The number of rotatable bonds is 4. The molecule has 0 saturated carbocycles. The fourth-order valence-corrected chi connectivity index (χ4v) is 3.78. The molecule has 1 heterocycles. The van der Waals surface area contributed by atoms with Gasteiger partial charge in [-0.1, -0.05) is 6.07 Å². The summed E-state index contributed by atoms with van der Waals surface area (Å²) in [5.41, 5.74) is 1.52. The van der Waals surface area contributed by atoms with E-state index < -0.39 is 16.1 Å². The third kappa shape index (κ3) is 3.39. The number of aryl methyl sites for hydroxylation is 1. The number of carbonyl (C=O) groups excluding carboxylic acids is 1. The Morgan fingerprint density at radius 1 is 1.20 bits per heavy atom. The van der Waals surface area contributed by atoms with Crippen LogP contribution in [0.1, 0.15) is 12.5 Å². The van der Waals surface area contributed by atoms with Gasteiger partial charge in [0.25, 0.3) is 15.9 Å². The maximum Gasteiger partial charge on any atom is 0.265 e. The lowest BCUT2D eigenvalue weighted by Crippen LogP contribution is -2.34. The molecule has 1 aliphatic heterocycles. The molecule has 0 unspecified atom stereocenters. The van der Waals surface area contributed by atoms with E-state index in [0.29, 0.717) is 17.1 Å². The molecule has 1 atom stereocenters. The van der Waals surface area contributed by atoms with Gasteiger partial charge in [-0.15, -0.1) is 0 Å². The number of ether oxygens (including phenoxy) is 2. The molecule has 0 aromatic heterocycles. The van der Waals surface area contributed by atoms with Gasteiger partial charge in [0.1, 0.15) is 16.4 Å². The van der Waals surface area contributed by atoms with Gasteiger partial charge in [-0.05, 0) is 49.7 Å². The number of fused-ring (bicyclic) bond motifs is 1. The molecule has 132 valence electrons. The molecule has 2 N–H and O–H groups in total. The zero-order valence-corrected chi connectivity index (χ0v) is 14.8. The fraction of sp³-hybridized carbons (Fsp3) is 0.235. The van der Waals surface area contributed by atoms with Crippen molar-refractivity contribution in [2.24, 2.45) is 0 Å². The molecule has 0 radical (unpaired) electrons. The molecule has 0 fully saturated rings. The highest BCUT2D eigenvalue weighted by atomic mass is 32.2. The maximum atomic E-state index is 12.7. The largest absolute Gasteiger partial charge is 0.495 e. The summed E-state index contributed by atoms with van der Waals surface area (Å²) >= 11 is 0. The molecule has 0 spiro atoms. The number of nitrogens with one attached hydrogen (secondary N) is 2. The van der Waals surface area contributed by atoms with E-state index in [1.54, 1.807) is 38.1 Å². The minimum atomic E-state index is -3.86. The van der Waals surface area contributed by atoms with E-state index in [9.17, 15) is 13.2 Å². The summed E-state index contributed by atoms with van der Waals surface area (Å²) in [5, 5.41) is 2.68. The quantitative estimate of drug-likeness (QED) is 0.872. The Hall–Kier alpha value is -2.74. The average Bonchev–Trinajstić information content (AvgIpc) is 2.56. The van der Waals surface area contributed by atoms with Crippen LogP contribution in [0.3, 0.4) is 0 Å². The molecule has 2 aromatic carbocycles. The van der Waals surface area contributed by atoms with Crippen LogP contribution in [0, 0.1) is 6.92 Å². The second kappa shape index (κ2) is 6.29. The van der Waals surface area contributed by atoms with Gasteiger partial charge in [0.15, 0.2) is 6.10 Å². The van der Waals surface area contributed by atoms with E-state index in [1.807, 2.05) is 0 Å². The minimum Gasteiger partial charge on any atom is -0.495 e. The monoisotopic (exact) mass is 362 g/mol. The first kappa shape index (κ1) is 17.1. The Morgan fingerprint density at radius 2 is 1.96 bits per heavy atom. The van der Waals surface area contributed by atoms with Crippen LogP contribution in [-0.4, -0.2) is 27.5 Å². The molecule has 8 heteroatoms. The molecular formula is C17H18N2O5S. The molecule has 3 rings (SSSR count). The van der Waals surface area contributed by atoms with Crippen LogP contribution in [0.5, 0.6) is 11.5 Å². The first-order valence-corrected chi connectivity index (χ1v) is 9.07. The number of anilines is 2. The highest BCUT2D eigenvalue weighted by molar-refractivity contribution is 7.92. The third-order valence-corrected chi connectivity index (χ3v) is 5.17. The first-order valence-electron chi connectivity index (χ1n) is 7.59. The lowest BCUT2D eigenvalue weighted by atomic mass is 10.2. The van der Waals surface area contributed by atoms with Gasteiger partial charge < -0.3 is 14.8 Å². The van der Waals surface area contributed by atoms with Crippen molar-refractivity contribution in [1.82, 2.24) is 0 Å². The second-order valence-electron chi connectivity index (χ2n) is 5.72.